The highest BCUT2D eigenvalue weighted by Gasteiger charge is 2.39. The van der Waals surface area contributed by atoms with Crippen molar-refractivity contribution in [2.75, 3.05) is 13.2 Å². The van der Waals surface area contributed by atoms with Crippen LogP contribution in [0.25, 0.3) is 0 Å². The first kappa shape index (κ1) is 41.8. The fourth-order valence-corrected chi connectivity index (χ4v) is 10.4. The molecule has 1 aromatic heterocycles. The van der Waals surface area contributed by atoms with Crippen LogP contribution in [0.5, 0.6) is 17.2 Å². The minimum absolute atomic E-state index is 0.0232. The molecule has 0 bridgehead atoms. The summed E-state index contributed by atoms with van der Waals surface area (Å²) >= 11 is 0. The van der Waals surface area contributed by atoms with E-state index < -0.39 is 43.6 Å². The van der Waals surface area contributed by atoms with Crippen LogP contribution in [-0.4, -0.2) is 49.8 Å². The average Bonchev–Trinajstić information content (AvgIpc) is 3.14. The highest BCUT2D eigenvalue weighted by atomic mass is 32.3. The molecule has 13 heteroatoms. The second-order valence-corrected chi connectivity index (χ2v) is 19.1. The summed E-state index contributed by atoms with van der Waals surface area (Å²) in [5, 5.41) is 0. The number of nitrogens with zero attached hydrogens (tertiary/aromatic N) is 1. The summed E-state index contributed by atoms with van der Waals surface area (Å²) in [6, 6.07) is 32.4. The van der Waals surface area contributed by atoms with Gasteiger partial charge in [-0.1, -0.05) is 23.8 Å². The summed E-state index contributed by atoms with van der Waals surface area (Å²) in [6.07, 6.45) is 1.69. The summed E-state index contributed by atoms with van der Waals surface area (Å²) < 4.78 is 63.5. The molecule has 0 atom stereocenters. The van der Waals surface area contributed by atoms with Gasteiger partial charge in [0.25, 0.3) is 0 Å². The fraction of sp³-hybridized carbons (Fsp3) is 0.279. The van der Waals surface area contributed by atoms with E-state index in [4.69, 9.17) is 27.3 Å². The van der Waals surface area contributed by atoms with Gasteiger partial charge < -0.3 is 23.7 Å². The maximum atomic E-state index is 14.3. The Morgan fingerprint density at radius 3 is 1.36 bits per heavy atom. The van der Waals surface area contributed by atoms with Crippen LogP contribution < -0.4 is 14.2 Å². The molecular formula is C43H47NO10S2. The number of hydrogen-bond acceptors (Lipinski definition) is 11. The number of benzene rings is 4. The molecule has 0 saturated carbocycles. The van der Waals surface area contributed by atoms with Gasteiger partial charge in [-0.2, -0.15) is 8.42 Å². The first-order valence-electron chi connectivity index (χ1n) is 17.8. The second kappa shape index (κ2) is 17.6. The van der Waals surface area contributed by atoms with E-state index in [0.717, 1.165) is 11.3 Å². The molecule has 0 aliphatic heterocycles. The first-order valence-corrected chi connectivity index (χ1v) is 20.8. The number of esters is 2. The molecule has 0 N–H and O–H groups in total. The lowest BCUT2D eigenvalue weighted by atomic mass is 10.2. The fourth-order valence-electron chi connectivity index (χ4n) is 5.25. The maximum absolute atomic E-state index is 14.3. The van der Waals surface area contributed by atoms with Gasteiger partial charge in [0.1, 0.15) is 35.1 Å². The average molecular weight is 802 g/mol. The van der Waals surface area contributed by atoms with Gasteiger partial charge in [0, 0.05) is 20.9 Å². The molecule has 0 aliphatic rings. The zero-order chi connectivity index (χ0) is 40.6. The predicted molar refractivity (Wildman–Crippen MR) is 212 cm³/mol. The van der Waals surface area contributed by atoms with Gasteiger partial charge in [-0.15, -0.1) is 0 Å². The molecule has 0 saturated heterocycles. The molecule has 4 aromatic carbocycles. The highest BCUT2D eigenvalue weighted by Crippen LogP contribution is 2.70. The van der Waals surface area contributed by atoms with E-state index in [2.05, 4.69) is 4.98 Å². The molecule has 1 heterocycles. The lowest BCUT2D eigenvalue weighted by Gasteiger charge is -2.39. The Kier molecular flexibility index (Phi) is 13.1. The number of hydrogen-bond donors (Lipinski definition) is 0. The van der Waals surface area contributed by atoms with E-state index in [0.29, 0.717) is 31.9 Å². The molecular weight excluding hydrogens is 755 g/mol. The smallest absolute Gasteiger partial charge is 0.344 e. The molecule has 0 unspecified atom stereocenters. The number of rotatable bonds is 15. The van der Waals surface area contributed by atoms with Crippen LogP contribution in [0.15, 0.2) is 141 Å². The van der Waals surface area contributed by atoms with Gasteiger partial charge >= 0.3 is 22.1 Å². The van der Waals surface area contributed by atoms with Crippen LogP contribution in [0.3, 0.4) is 0 Å². The van der Waals surface area contributed by atoms with E-state index >= 15 is 0 Å². The van der Waals surface area contributed by atoms with Crippen molar-refractivity contribution >= 4 is 32.4 Å². The lowest BCUT2D eigenvalue weighted by molar-refractivity contribution is -0.158. The summed E-state index contributed by atoms with van der Waals surface area (Å²) in [6.45, 7) is 12.1. The number of ether oxygens (including phenoxy) is 5. The molecule has 0 aliphatic carbocycles. The van der Waals surface area contributed by atoms with E-state index in [-0.39, 0.29) is 24.7 Å². The number of pyridine rings is 1. The molecule has 5 rings (SSSR count). The van der Waals surface area contributed by atoms with Crippen molar-refractivity contribution in [2.45, 2.75) is 85.9 Å². The van der Waals surface area contributed by atoms with E-state index in [1.807, 2.05) is 25.1 Å². The largest absolute Gasteiger partial charge is 0.487 e. The molecule has 5 aromatic rings. The Labute approximate surface area is 330 Å². The number of carbonyl (C=O) groups excluding carboxylic acids is 2. The van der Waals surface area contributed by atoms with Crippen LogP contribution >= 0.6 is 10.3 Å². The van der Waals surface area contributed by atoms with Crippen molar-refractivity contribution in [1.82, 2.24) is 4.98 Å². The molecule has 0 amide bonds. The maximum Gasteiger partial charge on any atom is 0.344 e. The van der Waals surface area contributed by atoms with E-state index in [1.54, 1.807) is 133 Å². The standard InChI is InChI=1S/C43H47NO10S2/c1-31-11-19-39(20-12-31)56(47,48)54-55(36-21-13-33(14-22-36)49-28-32-10-8-9-27-44-32,37-23-15-34(16-24-37)50-29-40(45)52-42(2,3)4)38-25-17-35(18-26-38)51-30-41(46)53-43(5,6)7/h8-27H,28-30H2,1-7H3. The minimum atomic E-state index is -4.42. The molecule has 0 fully saturated rings. The Morgan fingerprint density at radius 1 is 0.554 bits per heavy atom. The van der Waals surface area contributed by atoms with Crippen molar-refractivity contribution in [3.8, 4) is 17.2 Å². The summed E-state index contributed by atoms with van der Waals surface area (Å²) in [5.74, 6) is 0.185. The Bertz CT molecular complexity index is 2100. The van der Waals surface area contributed by atoms with Gasteiger partial charge in [0.05, 0.1) is 10.6 Å². The third-order valence-corrected chi connectivity index (χ3v) is 12.8. The van der Waals surface area contributed by atoms with Crippen molar-refractivity contribution in [1.29, 1.82) is 0 Å². The molecule has 0 radical (unpaired) electrons. The van der Waals surface area contributed by atoms with Crippen LogP contribution in [0.1, 0.15) is 52.8 Å². The molecule has 296 valence electrons. The molecule has 0 spiro atoms. The van der Waals surface area contributed by atoms with Crippen LogP contribution in [0.2, 0.25) is 0 Å². The van der Waals surface area contributed by atoms with Crippen LogP contribution in [-0.2, 0) is 39.4 Å². The van der Waals surface area contributed by atoms with Gasteiger partial charge in [0.15, 0.2) is 13.2 Å². The molecule has 56 heavy (non-hydrogen) atoms. The quantitative estimate of drug-likeness (QED) is 0.0939. The van der Waals surface area contributed by atoms with E-state index in [1.165, 1.54) is 12.1 Å². The van der Waals surface area contributed by atoms with Gasteiger partial charge in [-0.25, -0.2) is 13.2 Å². The normalized spacial score (nSPS) is 12.3. The Hall–Kier alpha value is -5.37. The minimum Gasteiger partial charge on any atom is -0.487 e. The van der Waals surface area contributed by atoms with Crippen molar-refractivity contribution in [3.05, 3.63) is 133 Å². The van der Waals surface area contributed by atoms with Crippen molar-refractivity contribution in [3.63, 3.8) is 0 Å². The summed E-state index contributed by atoms with van der Waals surface area (Å²) in [4.78, 5) is 30.6. The summed E-state index contributed by atoms with van der Waals surface area (Å²) in [7, 11) is -7.55. The Balaban J connectivity index is 1.58. The van der Waals surface area contributed by atoms with Crippen LogP contribution in [0.4, 0.5) is 0 Å². The van der Waals surface area contributed by atoms with Crippen molar-refractivity contribution < 1.29 is 45.3 Å². The second-order valence-electron chi connectivity index (χ2n) is 14.7. The zero-order valence-electron chi connectivity index (χ0n) is 32.5. The number of carbonyl (C=O) groups is 2. The third-order valence-electron chi connectivity index (χ3n) is 7.63. The van der Waals surface area contributed by atoms with Crippen molar-refractivity contribution in [2.24, 2.45) is 0 Å². The monoisotopic (exact) mass is 801 g/mol. The van der Waals surface area contributed by atoms with Gasteiger partial charge in [-0.3, -0.25) is 4.98 Å². The number of aryl methyl sites for hydroxylation is 1. The number of aromatic nitrogens is 1. The lowest BCUT2D eigenvalue weighted by Crippen LogP contribution is -2.27. The van der Waals surface area contributed by atoms with Gasteiger partial charge in [0.2, 0.25) is 0 Å². The van der Waals surface area contributed by atoms with Crippen LogP contribution in [0, 0.1) is 6.92 Å². The topological polar surface area (TPSA) is 137 Å². The molecule has 11 nitrogen and oxygen atoms in total. The first-order chi connectivity index (χ1) is 26.4. The van der Waals surface area contributed by atoms with E-state index in [9.17, 15) is 18.0 Å². The summed E-state index contributed by atoms with van der Waals surface area (Å²) in [5.41, 5.74) is 0.269. The van der Waals surface area contributed by atoms with Gasteiger partial charge in [-0.05, 0) is 156 Å². The third kappa shape index (κ3) is 11.6. The highest BCUT2D eigenvalue weighted by molar-refractivity contribution is 8.33. The predicted octanol–water partition coefficient (Wildman–Crippen LogP) is 9.01. The SMILES string of the molecule is Cc1ccc(S(=O)(=O)OS(c2ccc(OCC(=O)OC(C)(C)C)cc2)(c2ccc(OCC(=O)OC(C)(C)C)cc2)c2ccc(OCc3ccccn3)cc2)cc1. The Morgan fingerprint density at radius 2 is 0.964 bits per heavy atom. The zero-order valence-corrected chi connectivity index (χ0v) is 34.1.